The molecule has 1 aliphatic heterocycles. The molecule has 162 valence electrons. The predicted octanol–water partition coefficient (Wildman–Crippen LogP) is 7.41. The van der Waals surface area contributed by atoms with E-state index in [1.807, 2.05) is 54.6 Å². The van der Waals surface area contributed by atoms with Crippen LogP contribution in [0.15, 0.2) is 71.6 Å². The third kappa shape index (κ3) is 5.49. The number of amides is 2. The number of halogens is 3. The van der Waals surface area contributed by atoms with Crippen LogP contribution in [0.4, 0.5) is 4.79 Å². The van der Waals surface area contributed by atoms with E-state index in [-0.39, 0.29) is 17.7 Å². The molecule has 0 N–H and O–H groups in total. The lowest BCUT2D eigenvalue weighted by Crippen LogP contribution is -2.27. The lowest BCUT2D eigenvalue weighted by molar-refractivity contribution is -0.123. The van der Waals surface area contributed by atoms with Crippen molar-refractivity contribution < 1.29 is 14.3 Å². The second-order valence-corrected chi connectivity index (χ2v) is 10.1. The van der Waals surface area contributed by atoms with Crippen molar-refractivity contribution in [2.45, 2.75) is 13.2 Å². The summed E-state index contributed by atoms with van der Waals surface area (Å²) in [6.45, 7) is 0.518. The van der Waals surface area contributed by atoms with E-state index < -0.39 is 0 Å². The summed E-state index contributed by atoms with van der Waals surface area (Å²) in [5, 5.41) is 0.420. The number of hydrogen-bond donors (Lipinski definition) is 0. The molecule has 0 radical (unpaired) electrons. The summed E-state index contributed by atoms with van der Waals surface area (Å²) in [5.74, 6) is 0.0491. The van der Waals surface area contributed by atoms with Crippen LogP contribution in [0, 0.1) is 3.57 Å². The molecule has 2 amide bonds. The first-order valence-corrected chi connectivity index (χ1v) is 12.2. The van der Waals surface area contributed by atoms with Gasteiger partial charge in [-0.15, -0.1) is 0 Å². The van der Waals surface area contributed by atoms with E-state index >= 15 is 0 Å². The Morgan fingerprint density at radius 1 is 0.969 bits per heavy atom. The van der Waals surface area contributed by atoms with Gasteiger partial charge in [-0.1, -0.05) is 65.7 Å². The molecule has 4 nitrogen and oxygen atoms in total. The van der Waals surface area contributed by atoms with Crippen molar-refractivity contribution in [3.63, 3.8) is 0 Å². The molecule has 32 heavy (non-hydrogen) atoms. The Kier molecular flexibility index (Phi) is 7.45. The van der Waals surface area contributed by atoms with Crippen LogP contribution >= 0.6 is 57.6 Å². The Bertz CT molecular complexity index is 1200. The van der Waals surface area contributed by atoms with Crippen LogP contribution in [0.3, 0.4) is 0 Å². The first-order chi connectivity index (χ1) is 15.4. The van der Waals surface area contributed by atoms with Gasteiger partial charge in [0.25, 0.3) is 11.1 Å². The third-order valence-electron chi connectivity index (χ3n) is 4.68. The molecule has 1 saturated heterocycles. The number of carbonyl (C=O) groups excluding carboxylic acids is 2. The molecule has 8 heteroatoms. The van der Waals surface area contributed by atoms with Crippen molar-refractivity contribution in [1.29, 1.82) is 0 Å². The molecular weight excluding hydrogens is 580 g/mol. The van der Waals surface area contributed by atoms with Crippen molar-refractivity contribution in [3.8, 4) is 5.75 Å². The maximum Gasteiger partial charge on any atom is 0.293 e. The van der Waals surface area contributed by atoms with Crippen LogP contribution in [0.25, 0.3) is 6.08 Å². The highest BCUT2D eigenvalue weighted by molar-refractivity contribution is 14.1. The molecule has 0 atom stereocenters. The summed E-state index contributed by atoms with van der Waals surface area (Å²) in [4.78, 5) is 27.0. The normalized spacial score (nSPS) is 15.0. The molecule has 3 aromatic carbocycles. The number of nitrogens with zero attached hydrogens (tertiary/aromatic N) is 1. The number of hydrogen-bond acceptors (Lipinski definition) is 4. The zero-order chi connectivity index (χ0) is 22.7. The van der Waals surface area contributed by atoms with Crippen LogP contribution in [-0.4, -0.2) is 16.0 Å². The van der Waals surface area contributed by atoms with E-state index in [0.29, 0.717) is 32.9 Å². The second-order valence-electron chi connectivity index (χ2n) is 6.97. The fraction of sp³-hybridized carbons (Fsp3) is 0.0833. The quantitative estimate of drug-likeness (QED) is 0.220. The van der Waals surface area contributed by atoms with Gasteiger partial charge in [0.2, 0.25) is 0 Å². The van der Waals surface area contributed by atoms with Gasteiger partial charge in [0.15, 0.2) is 0 Å². The molecule has 1 fully saturated rings. The SMILES string of the molecule is O=C1S/C(=C\c2cc(Cl)cc(Cl)c2OCc2ccccc2)C(=O)N1Cc1ccc(I)cc1. The van der Waals surface area contributed by atoms with Crippen LogP contribution in [0.5, 0.6) is 5.75 Å². The fourth-order valence-corrected chi connectivity index (χ4v) is 4.87. The number of carbonyl (C=O) groups is 2. The number of benzene rings is 3. The van der Waals surface area contributed by atoms with E-state index in [1.54, 1.807) is 18.2 Å². The highest BCUT2D eigenvalue weighted by Gasteiger charge is 2.35. The maximum absolute atomic E-state index is 13.0. The monoisotopic (exact) mass is 595 g/mol. The largest absolute Gasteiger partial charge is 0.487 e. The Labute approximate surface area is 213 Å². The van der Waals surface area contributed by atoms with Gasteiger partial charge in [0, 0.05) is 14.2 Å². The predicted molar refractivity (Wildman–Crippen MR) is 138 cm³/mol. The van der Waals surface area contributed by atoms with E-state index in [0.717, 1.165) is 26.5 Å². The summed E-state index contributed by atoms with van der Waals surface area (Å²) in [6.07, 6.45) is 1.61. The number of thioether (sulfide) groups is 1. The maximum atomic E-state index is 13.0. The average molecular weight is 596 g/mol. The van der Waals surface area contributed by atoms with Crippen molar-refractivity contribution in [2.75, 3.05) is 0 Å². The first kappa shape index (κ1) is 23.2. The van der Waals surface area contributed by atoms with Crippen molar-refractivity contribution in [3.05, 3.63) is 102 Å². The molecule has 0 spiro atoms. The summed E-state index contributed by atoms with van der Waals surface area (Å²) in [7, 11) is 0. The molecule has 3 aromatic rings. The van der Waals surface area contributed by atoms with E-state index in [1.165, 1.54) is 4.90 Å². The van der Waals surface area contributed by atoms with Crippen LogP contribution in [0.1, 0.15) is 16.7 Å². The first-order valence-electron chi connectivity index (χ1n) is 9.56. The highest BCUT2D eigenvalue weighted by atomic mass is 127. The van der Waals surface area contributed by atoms with Gasteiger partial charge in [-0.05, 0) is 75.8 Å². The lowest BCUT2D eigenvalue weighted by Gasteiger charge is -2.13. The molecule has 0 aliphatic carbocycles. The van der Waals surface area contributed by atoms with Gasteiger partial charge >= 0.3 is 0 Å². The van der Waals surface area contributed by atoms with Gasteiger partial charge in [0.1, 0.15) is 12.4 Å². The summed E-state index contributed by atoms with van der Waals surface area (Å²) < 4.78 is 7.04. The van der Waals surface area contributed by atoms with E-state index in [4.69, 9.17) is 27.9 Å². The van der Waals surface area contributed by atoms with E-state index in [2.05, 4.69) is 22.6 Å². The standard InChI is InChI=1S/C24H16Cl2INO3S/c25-18-10-17(22(20(26)12-18)31-14-16-4-2-1-3-5-16)11-21-23(29)28(24(30)32-21)13-15-6-8-19(27)9-7-15/h1-12H,13-14H2/b21-11-. The Hall–Kier alpha value is -2.00. The topological polar surface area (TPSA) is 46.6 Å². The van der Waals surface area contributed by atoms with Crippen molar-refractivity contribution >= 4 is 74.8 Å². The zero-order valence-electron chi connectivity index (χ0n) is 16.6. The van der Waals surface area contributed by atoms with Crippen molar-refractivity contribution in [2.24, 2.45) is 0 Å². The van der Waals surface area contributed by atoms with Crippen LogP contribution < -0.4 is 4.74 Å². The third-order valence-corrected chi connectivity index (χ3v) is 6.80. The number of ether oxygens (including phenoxy) is 1. The number of rotatable bonds is 6. The lowest BCUT2D eigenvalue weighted by atomic mass is 10.1. The van der Waals surface area contributed by atoms with Crippen molar-refractivity contribution in [1.82, 2.24) is 4.90 Å². The minimum Gasteiger partial charge on any atom is -0.487 e. The zero-order valence-corrected chi connectivity index (χ0v) is 21.0. The molecule has 1 heterocycles. The smallest absolute Gasteiger partial charge is 0.293 e. The molecule has 4 rings (SSSR count). The van der Waals surface area contributed by atoms with E-state index in [9.17, 15) is 9.59 Å². The van der Waals surface area contributed by atoms with Gasteiger partial charge in [-0.3, -0.25) is 14.5 Å². The Morgan fingerprint density at radius 2 is 1.69 bits per heavy atom. The highest BCUT2D eigenvalue weighted by Crippen LogP contribution is 2.38. The Balaban J connectivity index is 1.59. The average Bonchev–Trinajstić information content (AvgIpc) is 3.02. The minimum atomic E-state index is -0.358. The van der Waals surface area contributed by atoms with Gasteiger partial charge in [-0.2, -0.15) is 0 Å². The Morgan fingerprint density at radius 3 is 2.41 bits per heavy atom. The minimum absolute atomic E-state index is 0.215. The van der Waals surface area contributed by atoms with Gasteiger partial charge < -0.3 is 4.74 Å². The van der Waals surface area contributed by atoms with Crippen LogP contribution in [0.2, 0.25) is 10.0 Å². The molecule has 0 aromatic heterocycles. The molecular formula is C24H16Cl2INO3S. The summed E-state index contributed by atoms with van der Waals surface area (Å²) in [5.41, 5.74) is 2.40. The van der Waals surface area contributed by atoms with Gasteiger partial charge in [0.05, 0.1) is 16.5 Å². The molecule has 0 unspecified atom stereocenters. The van der Waals surface area contributed by atoms with Crippen LogP contribution in [-0.2, 0) is 17.9 Å². The molecule has 0 saturated carbocycles. The fourth-order valence-electron chi connectivity index (χ4n) is 3.12. The van der Waals surface area contributed by atoms with Gasteiger partial charge in [-0.25, -0.2) is 0 Å². The molecule has 0 bridgehead atoms. The second kappa shape index (κ2) is 10.3. The summed E-state index contributed by atoms with van der Waals surface area (Å²) >= 11 is 15.7. The summed E-state index contributed by atoms with van der Waals surface area (Å²) in [6, 6.07) is 20.6. The molecule has 1 aliphatic rings. The number of imide groups is 1.